The third kappa shape index (κ3) is 4.69. The SMILES string of the molecule is CC(=O)CC(C)(C)NCC1COC(=O)N1c1cccc(N2CCOCC2=O)c1. The molecule has 0 aliphatic carbocycles. The van der Waals surface area contributed by atoms with Gasteiger partial charge < -0.3 is 19.7 Å². The summed E-state index contributed by atoms with van der Waals surface area (Å²) in [4.78, 5) is 39.2. The maximum atomic E-state index is 12.4. The molecule has 1 aromatic carbocycles. The lowest BCUT2D eigenvalue weighted by molar-refractivity contribution is -0.125. The molecule has 1 unspecified atom stereocenters. The average Bonchev–Trinajstić information content (AvgIpc) is 3.00. The van der Waals surface area contributed by atoms with E-state index in [9.17, 15) is 14.4 Å². The van der Waals surface area contributed by atoms with Gasteiger partial charge in [-0.05, 0) is 39.0 Å². The number of benzene rings is 1. The molecule has 0 saturated carbocycles. The summed E-state index contributed by atoms with van der Waals surface area (Å²) in [6, 6.07) is 7.12. The number of amides is 2. The molecule has 8 nitrogen and oxygen atoms in total. The third-order valence-electron chi connectivity index (χ3n) is 4.87. The van der Waals surface area contributed by atoms with E-state index in [-0.39, 0.29) is 36.5 Å². The fraction of sp³-hybridized carbons (Fsp3) is 0.550. The summed E-state index contributed by atoms with van der Waals surface area (Å²) in [7, 11) is 0. The maximum absolute atomic E-state index is 12.4. The topological polar surface area (TPSA) is 88.2 Å². The molecule has 0 spiro atoms. The van der Waals surface area contributed by atoms with Crippen molar-refractivity contribution < 1.29 is 23.9 Å². The highest BCUT2D eigenvalue weighted by atomic mass is 16.6. The van der Waals surface area contributed by atoms with Gasteiger partial charge in [-0.3, -0.25) is 14.5 Å². The molecule has 152 valence electrons. The van der Waals surface area contributed by atoms with Gasteiger partial charge in [0.15, 0.2) is 0 Å². The molecule has 2 fully saturated rings. The lowest BCUT2D eigenvalue weighted by Crippen LogP contribution is -2.49. The Hall–Kier alpha value is -2.45. The van der Waals surface area contributed by atoms with Crippen LogP contribution in [0.3, 0.4) is 0 Å². The smallest absolute Gasteiger partial charge is 0.414 e. The molecule has 28 heavy (non-hydrogen) atoms. The van der Waals surface area contributed by atoms with Crippen LogP contribution in [0.25, 0.3) is 0 Å². The summed E-state index contributed by atoms with van der Waals surface area (Å²) in [5.41, 5.74) is 1.04. The van der Waals surface area contributed by atoms with Gasteiger partial charge in [-0.2, -0.15) is 0 Å². The average molecular weight is 389 g/mol. The number of hydrogen-bond donors (Lipinski definition) is 1. The Labute approximate surface area is 164 Å². The highest BCUT2D eigenvalue weighted by Gasteiger charge is 2.35. The van der Waals surface area contributed by atoms with Gasteiger partial charge in [0, 0.05) is 36.4 Å². The first-order chi connectivity index (χ1) is 13.3. The fourth-order valence-corrected chi connectivity index (χ4v) is 3.61. The molecule has 0 aromatic heterocycles. The molecule has 2 heterocycles. The second-order valence-corrected chi connectivity index (χ2v) is 7.86. The van der Waals surface area contributed by atoms with Gasteiger partial charge in [0.2, 0.25) is 0 Å². The Morgan fingerprint density at radius 2 is 2.04 bits per heavy atom. The number of morpholine rings is 1. The van der Waals surface area contributed by atoms with Crippen molar-refractivity contribution in [2.24, 2.45) is 0 Å². The molecule has 2 aliphatic heterocycles. The molecule has 2 saturated heterocycles. The van der Waals surface area contributed by atoms with Gasteiger partial charge in [-0.25, -0.2) is 4.79 Å². The highest BCUT2D eigenvalue weighted by Crippen LogP contribution is 2.28. The second-order valence-electron chi connectivity index (χ2n) is 7.86. The van der Waals surface area contributed by atoms with Gasteiger partial charge in [0.1, 0.15) is 19.0 Å². The van der Waals surface area contributed by atoms with E-state index >= 15 is 0 Å². The predicted molar refractivity (Wildman–Crippen MR) is 105 cm³/mol. The molecule has 8 heteroatoms. The van der Waals surface area contributed by atoms with Crippen LogP contribution in [0.2, 0.25) is 0 Å². The quantitative estimate of drug-likeness (QED) is 0.764. The summed E-state index contributed by atoms with van der Waals surface area (Å²) in [5, 5.41) is 3.36. The molecule has 3 rings (SSSR count). The van der Waals surface area contributed by atoms with Crippen molar-refractivity contribution in [1.29, 1.82) is 0 Å². The minimum atomic E-state index is -0.415. The van der Waals surface area contributed by atoms with Crippen LogP contribution in [0.1, 0.15) is 27.2 Å². The molecule has 1 atom stereocenters. The van der Waals surface area contributed by atoms with Crippen molar-refractivity contribution in [1.82, 2.24) is 5.32 Å². The van der Waals surface area contributed by atoms with E-state index < -0.39 is 6.09 Å². The summed E-state index contributed by atoms with van der Waals surface area (Å²) < 4.78 is 10.4. The number of carbonyl (C=O) groups excluding carboxylic acids is 3. The minimum Gasteiger partial charge on any atom is -0.447 e. The van der Waals surface area contributed by atoms with E-state index in [4.69, 9.17) is 9.47 Å². The second kappa shape index (κ2) is 8.28. The highest BCUT2D eigenvalue weighted by molar-refractivity contribution is 5.96. The van der Waals surface area contributed by atoms with Gasteiger partial charge in [-0.15, -0.1) is 0 Å². The van der Waals surface area contributed by atoms with E-state index in [1.54, 1.807) is 16.7 Å². The van der Waals surface area contributed by atoms with Gasteiger partial charge in [0.25, 0.3) is 5.91 Å². The molecule has 1 N–H and O–H groups in total. The minimum absolute atomic E-state index is 0.0633. The molecule has 2 aliphatic rings. The number of carbonyl (C=O) groups is 3. The Morgan fingerprint density at radius 1 is 1.29 bits per heavy atom. The van der Waals surface area contributed by atoms with Crippen LogP contribution in [0, 0.1) is 0 Å². The largest absolute Gasteiger partial charge is 0.447 e. The standard InChI is InChI=1S/C20H27N3O5/c1-14(24)10-20(2,3)21-11-17-12-28-19(26)23(17)16-6-4-5-15(9-16)22-7-8-27-13-18(22)25/h4-6,9,17,21H,7-8,10-13H2,1-3H3. The van der Waals surface area contributed by atoms with E-state index in [1.165, 1.54) is 0 Å². The van der Waals surface area contributed by atoms with Crippen molar-refractivity contribution in [3.8, 4) is 0 Å². The van der Waals surface area contributed by atoms with Gasteiger partial charge >= 0.3 is 6.09 Å². The molecular formula is C20H27N3O5. The van der Waals surface area contributed by atoms with Crippen LogP contribution in [-0.2, 0) is 19.1 Å². The maximum Gasteiger partial charge on any atom is 0.414 e. The van der Waals surface area contributed by atoms with Crippen molar-refractivity contribution in [2.45, 2.75) is 38.8 Å². The number of anilines is 2. The van der Waals surface area contributed by atoms with Gasteiger partial charge in [0.05, 0.1) is 12.6 Å². The molecule has 0 bridgehead atoms. The lowest BCUT2D eigenvalue weighted by Gasteiger charge is -2.30. The Bertz CT molecular complexity index is 764. The first-order valence-electron chi connectivity index (χ1n) is 9.45. The predicted octanol–water partition coefficient (Wildman–Crippen LogP) is 1.72. The summed E-state index contributed by atoms with van der Waals surface area (Å²) in [5.74, 6) is 0.00702. The van der Waals surface area contributed by atoms with Crippen LogP contribution in [0.15, 0.2) is 24.3 Å². The van der Waals surface area contributed by atoms with E-state index in [0.29, 0.717) is 31.8 Å². The van der Waals surface area contributed by atoms with Crippen LogP contribution in [0.4, 0.5) is 16.2 Å². The monoisotopic (exact) mass is 389 g/mol. The van der Waals surface area contributed by atoms with Crippen molar-refractivity contribution in [3.63, 3.8) is 0 Å². The van der Waals surface area contributed by atoms with Crippen LogP contribution in [0.5, 0.6) is 0 Å². The number of ether oxygens (including phenoxy) is 2. The summed E-state index contributed by atoms with van der Waals surface area (Å²) in [6.45, 7) is 7.28. The number of nitrogens with zero attached hydrogens (tertiary/aromatic N) is 2. The fourth-order valence-electron chi connectivity index (χ4n) is 3.61. The Morgan fingerprint density at radius 3 is 2.75 bits per heavy atom. The number of cyclic esters (lactones) is 1. The Balaban J connectivity index is 1.75. The summed E-state index contributed by atoms with van der Waals surface area (Å²) >= 11 is 0. The zero-order valence-corrected chi connectivity index (χ0v) is 16.6. The molecule has 0 radical (unpaired) electrons. The van der Waals surface area contributed by atoms with Crippen molar-refractivity contribution >= 4 is 29.2 Å². The van der Waals surface area contributed by atoms with Crippen molar-refractivity contribution in [3.05, 3.63) is 24.3 Å². The number of hydrogen-bond acceptors (Lipinski definition) is 6. The zero-order valence-electron chi connectivity index (χ0n) is 16.6. The van der Waals surface area contributed by atoms with Crippen LogP contribution < -0.4 is 15.1 Å². The lowest BCUT2D eigenvalue weighted by atomic mass is 9.98. The first-order valence-corrected chi connectivity index (χ1v) is 9.45. The molecule has 2 amide bonds. The number of ketones is 1. The van der Waals surface area contributed by atoms with E-state index in [0.717, 1.165) is 5.69 Å². The Kier molecular flexibility index (Phi) is 6.00. The summed E-state index contributed by atoms with van der Waals surface area (Å²) in [6.07, 6.45) is -0.00926. The zero-order chi connectivity index (χ0) is 20.3. The van der Waals surface area contributed by atoms with Crippen molar-refractivity contribution in [2.75, 3.05) is 42.7 Å². The molecule has 1 aromatic rings. The van der Waals surface area contributed by atoms with E-state index in [2.05, 4.69) is 5.32 Å². The number of rotatable bonds is 7. The van der Waals surface area contributed by atoms with Gasteiger partial charge in [-0.1, -0.05) is 6.07 Å². The van der Waals surface area contributed by atoms with Crippen LogP contribution >= 0.6 is 0 Å². The first kappa shape index (κ1) is 20.3. The normalized spacial score (nSPS) is 20.5. The molecular weight excluding hydrogens is 362 g/mol. The number of nitrogens with one attached hydrogen (secondary N) is 1. The third-order valence-corrected chi connectivity index (χ3v) is 4.87. The van der Waals surface area contributed by atoms with Crippen LogP contribution in [-0.4, -0.2) is 62.3 Å². The number of Topliss-reactive ketones (excluding diaryl/α,β-unsaturated/α-hetero) is 1. The van der Waals surface area contributed by atoms with E-state index in [1.807, 2.05) is 38.1 Å².